The van der Waals surface area contributed by atoms with Gasteiger partial charge in [-0.25, -0.2) is 0 Å². The van der Waals surface area contributed by atoms with Crippen LogP contribution in [0.15, 0.2) is 24.5 Å². The summed E-state index contributed by atoms with van der Waals surface area (Å²) < 4.78 is 0. The molecule has 3 unspecified atom stereocenters. The van der Waals surface area contributed by atoms with Crippen LogP contribution in [0.4, 0.5) is 0 Å². The molecule has 0 aliphatic heterocycles. The van der Waals surface area contributed by atoms with Crippen molar-refractivity contribution in [2.45, 2.75) is 52.0 Å². The number of pyridine rings is 1. The highest BCUT2D eigenvalue weighted by Crippen LogP contribution is 2.43. The average molecular weight is 232 g/mol. The third-order valence-corrected chi connectivity index (χ3v) is 4.24. The largest absolute Gasteiger partial charge is 0.327 e. The lowest BCUT2D eigenvalue weighted by molar-refractivity contribution is 0.154. The minimum absolute atomic E-state index is 0.304. The van der Waals surface area contributed by atoms with E-state index in [1.54, 1.807) is 0 Å². The maximum absolute atomic E-state index is 6.29. The Morgan fingerprint density at radius 1 is 1.29 bits per heavy atom. The molecule has 0 amide bonds. The van der Waals surface area contributed by atoms with E-state index < -0.39 is 0 Å². The van der Waals surface area contributed by atoms with Crippen molar-refractivity contribution in [3.63, 3.8) is 0 Å². The van der Waals surface area contributed by atoms with Crippen LogP contribution in [0.5, 0.6) is 0 Å². The molecule has 1 aromatic heterocycles. The van der Waals surface area contributed by atoms with Crippen LogP contribution in [-0.4, -0.2) is 11.0 Å². The maximum Gasteiger partial charge on any atom is 0.0303 e. The van der Waals surface area contributed by atoms with Gasteiger partial charge in [-0.3, -0.25) is 4.98 Å². The first-order valence-corrected chi connectivity index (χ1v) is 6.64. The Kier molecular flexibility index (Phi) is 3.53. The molecule has 1 saturated carbocycles. The monoisotopic (exact) mass is 232 g/mol. The minimum Gasteiger partial charge on any atom is -0.327 e. The fraction of sp³-hybridized carbons (Fsp3) is 0.667. The topological polar surface area (TPSA) is 38.9 Å². The number of nitrogens with zero attached hydrogens (tertiary/aromatic N) is 1. The Bertz CT molecular complexity index is 353. The second-order valence-corrected chi connectivity index (χ2v) is 6.43. The van der Waals surface area contributed by atoms with Gasteiger partial charge >= 0.3 is 0 Å². The van der Waals surface area contributed by atoms with Gasteiger partial charge in [0.1, 0.15) is 0 Å². The van der Waals surface area contributed by atoms with Crippen molar-refractivity contribution < 1.29 is 0 Å². The van der Waals surface area contributed by atoms with E-state index in [0.717, 1.165) is 12.3 Å². The first-order chi connectivity index (χ1) is 7.98. The minimum atomic E-state index is 0.304. The zero-order valence-electron chi connectivity index (χ0n) is 11.2. The third-order valence-electron chi connectivity index (χ3n) is 4.24. The molecule has 0 saturated heterocycles. The third kappa shape index (κ3) is 2.86. The normalized spacial score (nSPS) is 30.2. The Balaban J connectivity index is 2.16. The molecule has 1 aliphatic carbocycles. The van der Waals surface area contributed by atoms with E-state index >= 15 is 0 Å². The van der Waals surface area contributed by atoms with Gasteiger partial charge in [-0.2, -0.15) is 0 Å². The SMILES string of the molecule is CC(C)(C)C1CCC(N)C(c2cccnc2)C1. The molecule has 2 N–H and O–H groups in total. The fourth-order valence-electron chi connectivity index (χ4n) is 2.96. The van der Waals surface area contributed by atoms with Crippen molar-refractivity contribution >= 4 is 0 Å². The predicted molar refractivity (Wildman–Crippen MR) is 71.7 cm³/mol. The Morgan fingerprint density at radius 3 is 2.65 bits per heavy atom. The molecule has 0 spiro atoms. The van der Waals surface area contributed by atoms with Crippen molar-refractivity contribution in [2.75, 3.05) is 0 Å². The van der Waals surface area contributed by atoms with Gasteiger partial charge in [0.05, 0.1) is 0 Å². The van der Waals surface area contributed by atoms with Crippen LogP contribution in [-0.2, 0) is 0 Å². The van der Waals surface area contributed by atoms with Gasteiger partial charge in [0.2, 0.25) is 0 Å². The van der Waals surface area contributed by atoms with E-state index in [0.29, 0.717) is 17.4 Å². The Labute approximate surface area is 105 Å². The molecule has 1 aromatic rings. The van der Waals surface area contributed by atoms with Crippen LogP contribution in [0.1, 0.15) is 51.5 Å². The molecule has 0 radical (unpaired) electrons. The summed E-state index contributed by atoms with van der Waals surface area (Å²) in [7, 11) is 0. The smallest absolute Gasteiger partial charge is 0.0303 e. The highest BCUT2D eigenvalue weighted by Gasteiger charge is 2.35. The number of hydrogen-bond donors (Lipinski definition) is 1. The van der Waals surface area contributed by atoms with Crippen LogP contribution in [0, 0.1) is 11.3 Å². The molecule has 2 rings (SSSR count). The molecular formula is C15H24N2. The van der Waals surface area contributed by atoms with Crippen molar-refractivity contribution in [3.05, 3.63) is 30.1 Å². The van der Waals surface area contributed by atoms with Crippen LogP contribution in [0.3, 0.4) is 0 Å². The molecule has 94 valence electrons. The molecule has 3 atom stereocenters. The number of hydrogen-bond acceptors (Lipinski definition) is 2. The fourth-order valence-corrected chi connectivity index (χ4v) is 2.96. The van der Waals surface area contributed by atoms with Crippen molar-refractivity contribution in [2.24, 2.45) is 17.1 Å². The highest BCUT2D eigenvalue weighted by molar-refractivity contribution is 5.18. The van der Waals surface area contributed by atoms with Crippen LogP contribution in [0.2, 0.25) is 0 Å². The van der Waals surface area contributed by atoms with Crippen molar-refractivity contribution in [3.8, 4) is 0 Å². The number of nitrogens with two attached hydrogens (primary N) is 1. The Hall–Kier alpha value is -0.890. The van der Waals surface area contributed by atoms with Gasteiger partial charge in [-0.05, 0) is 42.2 Å². The lowest BCUT2D eigenvalue weighted by Crippen LogP contribution is -2.38. The van der Waals surface area contributed by atoms with Crippen molar-refractivity contribution in [1.29, 1.82) is 0 Å². The second kappa shape index (κ2) is 4.77. The molecule has 17 heavy (non-hydrogen) atoms. The molecule has 0 aromatic carbocycles. The van der Waals surface area contributed by atoms with Gasteiger partial charge in [0.15, 0.2) is 0 Å². The summed E-state index contributed by atoms with van der Waals surface area (Å²) in [4.78, 5) is 4.23. The van der Waals surface area contributed by atoms with Crippen molar-refractivity contribution in [1.82, 2.24) is 4.98 Å². The molecule has 2 heteroatoms. The van der Waals surface area contributed by atoms with E-state index in [9.17, 15) is 0 Å². The summed E-state index contributed by atoms with van der Waals surface area (Å²) in [6, 6.07) is 4.49. The molecule has 0 bridgehead atoms. The van der Waals surface area contributed by atoms with E-state index in [1.807, 2.05) is 18.5 Å². The summed E-state index contributed by atoms with van der Waals surface area (Å²) in [5.41, 5.74) is 7.99. The lowest BCUT2D eigenvalue weighted by Gasteiger charge is -2.40. The average Bonchev–Trinajstić information content (AvgIpc) is 2.29. The van der Waals surface area contributed by atoms with Gasteiger partial charge in [-0.15, -0.1) is 0 Å². The van der Waals surface area contributed by atoms with E-state index in [2.05, 4.69) is 31.8 Å². The first-order valence-electron chi connectivity index (χ1n) is 6.64. The zero-order chi connectivity index (χ0) is 12.5. The van der Waals surface area contributed by atoms with Gasteiger partial charge in [-0.1, -0.05) is 26.8 Å². The van der Waals surface area contributed by atoms with E-state index in [1.165, 1.54) is 18.4 Å². The first kappa shape index (κ1) is 12.6. The lowest BCUT2D eigenvalue weighted by atomic mass is 9.66. The highest BCUT2D eigenvalue weighted by atomic mass is 14.7. The summed E-state index contributed by atoms with van der Waals surface area (Å²) in [6.07, 6.45) is 7.42. The van der Waals surface area contributed by atoms with Crippen LogP contribution in [0.25, 0.3) is 0 Å². The molecule has 1 fully saturated rings. The number of aromatic nitrogens is 1. The summed E-state index contributed by atoms with van der Waals surface area (Å²) >= 11 is 0. The predicted octanol–water partition coefficient (Wildman–Crippen LogP) is 3.34. The summed E-state index contributed by atoms with van der Waals surface area (Å²) in [5.74, 6) is 1.26. The molecular weight excluding hydrogens is 208 g/mol. The van der Waals surface area contributed by atoms with Gasteiger partial charge in [0, 0.05) is 24.4 Å². The molecule has 1 aliphatic rings. The second-order valence-electron chi connectivity index (χ2n) is 6.43. The van der Waals surface area contributed by atoms with Gasteiger partial charge in [0.25, 0.3) is 0 Å². The standard InChI is InChI=1S/C15H24N2/c1-15(2,3)12-6-7-14(16)13(9-12)11-5-4-8-17-10-11/h4-5,8,10,12-14H,6-7,9,16H2,1-3H3. The van der Waals surface area contributed by atoms with E-state index in [4.69, 9.17) is 5.73 Å². The summed E-state index contributed by atoms with van der Waals surface area (Å²) in [6.45, 7) is 7.03. The van der Waals surface area contributed by atoms with Gasteiger partial charge < -0.3 is 5.73 Å². The maximum atomic E-state index is 6.29. The summed E-state index contributed by atoms with van der Waals surface area (Å²) in [5, 5.41) is 0. The molecule has 2 nitrogen and oxygen atoms in total. The Morgan fingerprint density at radius 2 is 2.06 bits per heavy atom. The number of rotatable bonds is 1. The zero-order valence-corrected chi connectivity index (χ0v) is 11.2. The van der Waals surface area contributed by atoms with E-state index in [-0.39, 0.29) is 0 Å². The quantitative estimate of drug-likeness (QED) is 0.806. The molecule has 1 heterocycles. The van der Waals surface area contributed by atoms with Crippen LogP contribution >= 0.6 is 0 Å². The van der Waals surface area contributed by atoms with Crippen LogP contribution < -0.4 is 5.73 Å².